The van der Waals surface area contributed by atoms with Crippen LogP contribution in [0, 0.1) is 11.2 Å². The molecule has 0 aliphatic carbocycles. The fraction of sp³-hybridized carbons (Fsp3) is 0.588. The summed E-state index contributed by atoms with van der Waals surface area (Å²) in [6.07, 6.45) is 1.83. The second-order valence-electron chi connectivity index (χ2n) is 6.42. The van der Waals surface area contributed by atoms with Crippen LogP contribution in [0.5, 0.6) is 0 Å². The quantitative estimate of drug-likeness (QED) is 0.894. The van der Waals surface area contributed by atoms with E-state index in [1.54, 1.807) is 19.2 Å². The molecule has 6 heteroatoms. The SMILES string of the molecule is COCC1(C(=O)NC2CCCN(c3ccccc3F)C2)COC1. The summed E-state index contributed by atoms with van der Waals surface area (Å²) in [6.45, 7) is 2.59. The first-order chi connectivity index (χ1) is 11.1. The molecule has 2 aliphatic rings. The van der Waals surface area contributed by atoms with Crippen LogP contribution in [-0.2, 0) is 14.3 Å². The Morgan fingerprint density at radius 3 is 2.91 bits per heavy atom. The highest BCUT2D eigenvalue weighted by Crippen LogP contribution is 2.29. The number of halogens is 1. The van der Waals surface area contributed by atoms with Gasteiger partial charge in [-0.1, -0.05) is 12.1 Å². The third kappa shape index (κ3) is 3.33. The van der Waals surface area contributed by atoms with Gasteiger partial charge >= 0.3 is 0 Å². The first-order valence-electron chi connectivity index (χ1n) is 8.02. The molecule has 0 aromatic heterocycles. The van der Waals surface area contributed by atoms with E-state index in [0.717, 1.165) is 19.4 Å². The van der Waals surface area contributed by atoms with E-state index in [-0.39, 0.29) is 17.8 Å². The van der Waals surface area contributed by atoms with E-state index in [1.165, 1.54) is 6.07 Å². The van der Waals surface area contributed by atoms with Crippen molar-refractivity contribution >= 4 is 11.6 Å². The Kier molecular flexibility index (Phi) is 4.82. The Labute approximate surface area is 135 Å². The van der Waals surface area contributed by atoms with Gasteiger partial charge in [0, 0.05) is 26.2 Å². The molecule has 1 unspecified atom stereocenters. The van der Waals surface area contributed by atoms with Crippen LogP contribution >= 0.6 is 0 Å². The van der Waals surface area contributed by atoms with Crippen molar-refractivity contribution in [2.75, 3.05) is 44.9 Å². The summed E-state index contributed by atoms with van der Waals surface area (Å²) in [6, 6.07) is 6.79. The number of ether oxygens (including phenoxy) is 2. The second kappa shape index (κ2) is 6.84. The number of methoxy groups -OCH3 is 1. The molecule has 1 aromatic rings. The summed E-state index contributed by atoms with van der Waals surface area (Å²) in [5.74, 6) is -0.242. The van der Waals surface area contributed by atoms with Crippen LogP contribution in [0.25, 0.3) is 0 Å². The first kappa shape index (κ1) is 16.2. The lowest BCUT2D eigenvalue weighted by atomic mass is 9.85. The van der Waals surface area contributed by atoms with E-state index >= 15 is 0 Å². The molecule has 1 N–H and O–H groups in total. The molecule has 1 atom stereocenters. The number of carbonyl (C=O) groups excluding carboxylic acids is 1. The minimum Gasteiger partial charge on any atom is -0.383 e. The van der Waals surface area contributed by atoms with Gasteiger partial charge in [0.2, 0.25) is 5.91 Å². The van der Waals surface area contributed by atoms with Crippen LogP contribution in [0.1, 0.15) is 12.8 Å². The molecule has 1 aromatic carbocycles. The van der Waals surface area contributed by atoms with Crippen LogP contribution in [0.3, 0.4) is 0 Å². The molecule has 0 bridgehead atoms. The fourth-order valence-corrected chi connectivity index (χ4v) is 3.27. The third-order valence-corrected chi connectivity index (χ3v) is 4.61. The van der Waals surface area contributed by atoms with Crippen LogP contribution in [0.4, 0.5) is 10.1 Å². The number of para-hydroxylation sites is 1. The molecule has 126 valence electrons. The molecule has 2 heterocycles. The number of nitrogens with zero attached hydrogens (tertiary/aromatic N) is 1. The van der Waals surface area contributed by atoms with Crippen LogP contribution in [0.15, 0.2) is 24.3 Å². The monoisotopic (exact) mass is 322 g/mol. The van der Waals surface area contributed by atoms with Crippen LogP contribution in [-0.4, -0.2) is 52.0 Å². The summed E-state index contributed by atoms with van der Waals surface area (Å²) < 4.78 is 24.3. The Bertz CT molecular complexity index is 563. The highest BCUT2D eigenvalue weighted by Gasteiger charge is 2.46. The largest absolute Gasteiger partial charge is 0.383 e. The maximum atomic E-state index is 14.0. The molecule has 2 fully saturated rings. The minimum atomic E-state index is -0.560. The third-order valence-electron chi connectivity index (χ3n) is 4.61. The minimum absolute atomic E-state index is 0.0187. The molecule has 1 amide bonds. The highest BCUT2D eigenvalue weighted by atomic mass is 19.1. The molecule has 5 nitrogen and oxygen atoms in total. The van der Waals surface area contributed by atoms with E-state index in [1.807, 2.05) is 11.0 Å². The summed E-state index contributed by atoms with van der Waals surface area (Å²) in [4.78, 5) is 14.6. The van der Waals surface area contributed by atoms with Gasteiger partial charge in [0.25, 0.3) is 0 Å². The molecule has 0 spiro atoms. The summed E-state index contributed by atoms with van der Waals surface area (Å²) in [5.41, 5.74) is 0.0414. The number of carbonyl (C=O) groups is 1. The average Bonchev–Trinajstić information content (AvgIpc) is 2.51. The van der Waals surface area contributed by atoms with Crippen molar-refractivity contribution < 1.29 is 18.7 Å². The molecule has 3 rings (SSSR count). The van der Waals surface area contributed by atoms with Gasteiger partial charge in [-0.3, -0.25) is 4.79 Å². The van der Waals surface area contributed by atoms with Crippen molar-refractivity contribution in [3.63, 3.8) is 0 Å². The summed E-state index contributed by atoms with van der Waals surface area (Å²) in [5, 5.41) is 3.10. The standard InChI is InChI=1S/C17H23FN2O3/c1-22-10-17(11-23-12-17)16(21)19-13-5-4-8-20(9-13)15-7-3-2-6-14(15)18/h2-3,6-7,13H,4-5,8-12H2,1H3,(H,19,21). The molecule has 0 saturated carbocycles. The highest BCUT2D eigenvalue weighted by molar-refractivity contribution is 5.84. The van der Waals surface area contributed by atoms with Gasteiger partial charge in [-0.2, -0.15) is 0 Å². The predicted molar refractivity (Wildman–Crippen MR) is 84.9 cm³/mol. The molecule has 2 saturated heterocycles. The second-order valence-corrected chi connectivity index (χ2v) is 6.42. The van der Waals surface area contributed by atoms with Gasteiger partial charge in [0.15, 0.2) is 0 Å². The van der Waals surface area contributed by atoms with Gasteiger partial charge < -0.3 is 19.7 Å². The maximum Gasteiger partial charge on any atom is 0.233 e. The number of nitrogens with one attached hydrogen (secondary N) is 1. The Morgan fingerprint density at radius 1 is 1.48 bits per heavy atom. The zero-order valence-corrected chi connectivity index (χ0v) is 13.4. The number of hydrogen-bond acceptors (Lipinski definition) is 4. The fourth-order valence-electron chi connectivity index (χ4n) is 3.27. The molecule has 23 heavy (non-hydrogen) atoms. The predicted octanol–water partition coefficient (Wildman–Crippen LogP) is 1.57. The number of piperidine rings is 1. The Hall–Kier alpha value is -1.66. The van der Waals surface area contributed by atoms with Crippen molar-refractivity contribution in [2.45, 2.75) is 18.9 Å². The van der Waals surface area contributed by atoms with Crippen molar-refractivity contribution in [2.24, 2.45) is 5.41 Å². The zero-order valence-electron chi connectivity index (χ0n) is 13.4. The number of hydrogen-bond donors (Lipinski definition) is 1. The van der Waals surface area contributed by atoms with E-state index in [2.05, 4.69) is 5.32 Å². The van der Waals surface area contributed by atoms with Gasteiger partial charge in [0.05, 0.1) is 25.5 Å². The van der Waals surface area contributed by atoms with Gasteiger partial charge in [0.1, 0.15) is 11.2 Å². The van der Waals surface area contributed by atoms with Gasteiger partial charge in [-0.05, 0) is 25.0 Å². The smallest absolute Gasteiger partial charge is 0.233 e. The van der Waals surface area contributed by atoms with E-state index < -0.39 is 5.41 Å². The number of benzene rings is 1. The van der Waals surface area contributed by atoms with Gasteiger partial charge in [-0.15, -0.1) is 0 Å². The van der Waals surface area contributed by atoms with Crippen molar-refractivity contribution in [1.29, 1.82) is 0 Å². The average molecular weight is 322 g/mol. The molecule has 2 aliphatic heterocycles. The van der Waals surface area contributed by atoms with E-state index in [4.69, 9.17) is 9.47 Å². The Balaban J connectivity index is 1.63. The number of rotatable bonds is 5. The lowest BCUT2D eigenvalue weighted by Crippen LogP contribution is -2.60. The first-order valence-corrected chi connectivity index (χ1v) is 8.02. The summed E-state index contributed by atoms with van der Waals surface area (Å²) >= 11 is 0. The van der Waals surface area contributed by atoms with E-state index in [9.17, 15) is 9.18 Å². The lowest BCUT2D eigenvalue weighted by molar-refractivity contribution is -0.173. The van der Waals surface area contributed by atoms with Crippen molar-refractivity contribution in [3.8, 4) is 0 Å². The summed E-state index contributed by atoms with van der Waals surface area (Å²) in [7, 11) is 1.59. The van der Waals surface area contributed by atoms with Crippen molar-refractivity contribution in [1.82, 2.24) is 5.32 Å². The number of anilines is 1. The maximum absolute atomic E-state index is 14.0. The van der Waals surface area contributed by atoms with E-state index in [0.29, 0.717) is 32.1 Å². The van der Waals surface area contributed by atoms with Crippen molar-refractivity contribution in [3.05, 3.63) is 30.1 Å². The Morgan fingerprint density at radius 2 is 2.26 bits per heavy atom. The van der Waals surface area contributed by atoms with Crippen LogP contribution < -0.4 is 10.2 Å². The topological polar surface area (TPSA) is 50.8 Å². The molecule has 0 radical (unpaired) electrons. The lowest BCUT2D eigenvalue weighted by Gasteiger charge is -2.41. The molecular weight excluding hydrogens is 299 g/mol. The van der Waals surface area contributed by atoms with Crippen LogP contribution in [0.2, 0.25) is 0 Å². The zero-order chi connectivity index (χ0) is 16.3. The normalized spacial score (nSPS) is 23.2. The number of amides is 1. The van der Waals surface area contributed by atoms with Gasteiger partial charge in [-0.25, -0.2) is 4.39 Å². The molecular formula is C17H23FN2O3.